The molecule has 1 N–H and O–H groups in total. The van der Waals surface area contributed by atoms with Crippen LogP contribution in [0, 0.1) is 0 Å². The number of ether oxygens (including phenoxy) is 1. The summed E-state index contributed by atoms with van der Waals surface area (Å²) in [6.45, 7) is 1.63. The van der Waals surface area contributed by atoms with Crippen LogP contribution in [-0.4, -0.2) is 24.2 Å². The Kier molecular flexibility index (Phi) is 5.57. The molecule has 7 heteroatoms. The van der Waals surface area contributed by atoms with Crippen molar-refractivity contribution in [3.8, 4) is 0 Å². The van der Waals surface area contributed by atoms with E-state index in [1.165, 1.54) is 12.1 Å². The van der Waals surface area contributed by atoms with Crippen molar-refractivity contribution in [1.82, 2.24) is 0 Å². The third-order valence-electron chi connectivity index (χ3n) is 1.81. The number of halogens is 2. The maximum Gasteiger partial charge on any atom is 0.397 e. The van der Waals surface area contributed by atoms with Gasteiger partial charge >= 0.3 is 11.9 Å². The van der Waals surface area contributed by atoms with Gasteiger partial charge in [0.25, 0.3) is 5.76 Å². The molecule has 0 unspecified atom stereocenters. The fraction of sp³-hybridized carbons (Fsp3) is 0.273. The number of hydrogen-bond donors (Lipinski definition) is 1. The Morgan fingerprint density at radius 1 is 1.39 bits per heavy atom. The Labute approximate surface area is 107 Å². The lowest BCUT2D eigenvalue weighted by Crippen LogP contribution is -2.25. The Morgan fingerprint density at radius 2 is 2.06 bits per heavy atom. The summed E-state index contributed by atoms with van der Waals surface area (Å²) in [6, 6.07) is 5.99. The second-order valence-corrected chi connectivity index (χ2v) is 4.08. The van der Waals surface area contributed by atoms with Crippen LogP contribution in [0.2, 0.25) is 0 Å². The molecule has 0 bridgehead atoms. The number of thioether (sulfide) groups is 1. The molecule has 0 saturated heterocycles. The van der Waals surface area contributed by atoms with Crippen LogP contribution in [0.1, 0.15) is 6.92 Å². The zero-order chi connectivity index (χ0) is 13.5. The van der Waals surface area contributed by atoms with Crippen molar-refractivity contribution in [3.63, 3.8) is 0 Å². The topological polar surface area (TPSA) is 55.4 Å². The zero-order valence-corrected chi connectivity index (χ0v) is 10.3. The van der Waals surface area contributed by atoms with Crippen molar-refractivity contribution in [2.75, 3.05) is 11.9 Å². The highest BCUT2D eigenvalue weighted by Crippen LogP contribution is 2.31. The lowest BCUT2D eigenvalue weighted by Gasteiger charge is -2.09. The molecule has 0 spiro atoms. The summed E-state index contributed by atoms with van der Waals surface area (Å²) in [5.74, 6) is -4.64. The molecule has 18 heavy (non-hydrogen) atoms. The van der Waals surface area contributed by atoms with Crippen LogP contribution in [0.5, 0.6) is 0 Å². The van der Waals surface area contributed by atoms with E-state index in [4.69, 9.17) is 0 Å². The Bertz CT molecular complexity index is 440. The van der Waals surface area contributed by atoms with Crippen molar-refractivity contribution in [2.24, 2.45) is 0 Å². The fourth-order valence-electron chi connectivity index (χ4n) is 1.14. The minimum absolute atomic E-state index is 0.0691. The first-order valence-corrected chi connectivity index (χ1v) is 5.94. The smallest absolute Gasteiger partial charge is 0.397 e. The van der Waals surface area contributed by atoms with Crippen LogP contribution in [0.15, 0.2) is 29.2 Å². The van der Waals surface area contributed by atoms with Crippen molar-refractivity contribution in [3.05, 3.63) is 24.3 Å². The monoisotopic (exact) mass is 275 g/mol. The number of nitrogens with one attached hydrogen (secondary N) is 1. The average Bonchev–Trinajstić information content (AvgIpc) is 2.31. The molecule has 1 aromatic carbocycles. The lowest BCUT2D eigenvalue weighted by atomic mass is 10.3. The van der Waals surface area contributed by atoms with Crippen LogP contribution in [0.25, 0.3) is 0 Å². The van der Waals surface area contributed by atoms with E-state index in [0.29, 0.717) is 11.8 Å². The molecule has 0 aliphatic carbocycles. The minimum Gasteiger partial charge on any atom is -0.459 e. The van der Waals surface area contributed by atoms with Gasteiger partial charge in [-0.1, -0.05) is 23.9 Å². The summed E-state index contributed by atoms with van der Waals surface area (Å²) in [7, 11) is 0. The van der Waals surface area contributed by atoms with Gasteiger partial charge in [0.15, 0.2) is 0 Å². The number of esters is 1. The zero-order valence-electron chi connectivity index (χ0n) is 9.48. The first-order chi connectivity index (χ1) is 8.54. The van der Waals surface area contributed by atoms with E-state index in [2.05, 4.69) is 10.1 Å². The van der Waals surface area contributed by atoms with Gasteiger partial charge in [0.1, 0.15) is 0 Å². The van der Waals surface area contributed by atoms with Gasteiger partial charge < -0.3 is 10.1 Å². The first kappa shape index (κ1) is 14.4. The number of para-hydroxylation sites is 1. The van der Waals surface area contributed by atoms with Crippen molar-refractivity contribution >= 4 is 29.3 Å². The van der Waals surface area contributed by atoms with E-state index in [1.54, 1.807) is 19.1 Å². The van der Waals surface area contributed by atoms with Crippen LogP contribution in [-0.2, 0) is 14.3 Å². The molecule has 4 nitrogen and oxygen atoms in total. The normalized spacial score (nSPS) is 10.2. The van der Waals surface area contributed by atoms with Crippen molar-refractivity contribution in [1.29, 1.82) is 0 Å². The summed E-state index contributed by atoms with van der Waals surface area (Å²) >= 11 is 0.292. The van der Waals surface area contributed by atoms with E-state index < -0.39 is 17.6 Å². The van der Waals surface area contributed by atoms with Crippen molar-refractivity contribution in [2.45, 2.75) is 17.6 Å². The quantitative estimate of drug-likeness (QED) is 0.521. The second-order valence-electron chi connectivity index (χ2n) is 3.05. The number of hydrogen-bond acceptors (Lipinski definition) is 4. The number of benzene rings is 1. The predicted octanol–water partition coefficient (Wildman–Crippen LogP) is 2.50. The van der Waals surface area contributed by atoms with Gasteiger partial charge in [0.05, 0.1) is 12.3 Å². The summed E-state index contributed by atoms with van der Waals surface area (Å²) in [4.78, 5) is 22.6. The fourth-order valence-corrected chi connectivity index (χ4v) is 1.73. The predicted molar refractivity (Wildman–Crippen MR) is 63.6 cm³/mol. The number of amides is 1. The van der Waals surface area contributed by atoms with E-state index in [1.807, 2.05) is 0 Å². The first-order valence-electron chi connectivity index (χ1n) is 5.06. The van der Waals surface area contributed by atoms with Gasteiger partial charge in [0, 0.05) is 4.90 Å². The molecule has 0 aromatic heterocycles. The lowest BCUT2D eigenvalue weighted by molar-refractivity contribution is -0.152. The number of carbonyl (C=O) groups is 2. The van der Waals surface area contributed by atoms with E-state index >= 15 is 0 Å². The van der Waals surface area contributed by atoms with Crippen LogP contribution >= 0.6 is 11.8 Å². The Morgan fingerprint density at radius 3 is 2.67 bits per heavy atom. The third-order valence-corrected chi connectivity index (χ3v) is 2.60. The Balaban J connectivity index is 2.77. The van der Waals surface area contributed by atoms with Gasteiger partial charge in [-0.3, -0.25) is 4.79 Å². The molecular weight excluding hydrogens is 264 g/mol. The highest BCUT2D eigenvalue weighted by atomic mass is 32.2. The van der Waals surface area contributed by atoms with E-state index in [-0.39, 0.29) is 17.2 Å². The largest absolute Gasteiger partial charge is 0.459 e. The van der Waals surface area contributed by atoms with Gasteiger partial charge in [-0.2, -0.15) is 8.78 Å². The highest BCUT2D eigenvalue weighted by Gasteiger charge is 2.17. The molecular formula is C11H11F2NO3S. The van der Waals surface area contributed by atoms with E-state index in [9.17, 15) is 18.4 Å². The highest BCUT2D eigenvalue weighted by molar-refractivity contribution is 7.99. The van der Waals surface area contributed by atoms with Gasteiger partial charge in [-0.25, -0.2) is 4.79 Å². The van der Waals surface area contributed by atoms with Crippen molar-refractivity contribution < 1.29 is 23.1 Å². The minimum atomic E-state index is -2.61. The average molecular weight is 275 g/mol. The molecule has 0 saturated carbocycles. The standard InChI is InChI=1S/C11H11F2NO3S/c1-2-17-10(16)9(15)14-7-5-3-4-6-8(7)18-11(12)13/h3-6,11H,2H2,1H3,(H,14,15). The van der Waals surface area contributed by atoms with Gasteiger partial charge in [-0.05, 0) is 19.1 Å². The van der Waals surface area contributed by atoms with Gasteiger partial charge in [-0.15, -0.1) is 0 Å². The number of anilines is 1. The molecule has 1 aromatic rings. The van der Waals surface area contributed by atoms with Crippen LogP contribution < -0.4 is 5.32 Å². The number of rotatable bonds is 4. The molecule has 1 rings (SSSR count). The summed E-state index contributed by atoms with van der Waals surface area (Å²) in [5.41, 5.74) is 0.154. The second kappa shape index (κ2) is 6.95. The maximum absolute atomic E-state index is 12.3. The molecule has 0 aliphatic heterocycles. The molecule has 0 radical (unpaired) electrons. The molecule has 0 aliphatic rings. The van der Waals surface area contributed by atoms with Crippen LogP contribution in [0.3, 0.4) is 0 Å². The van der Waals surface area contributed by atoms with Gasteiger partial charge in [0.2, 0.25) is 0 Å². The summed E-state index contributed by atoms with van der Waals surface area (Å²) in [5, 5.41) is 2.23. The molecule has 98 valence electrons. The molecule has 0 fully saturated rings. The van der Waals surface area contributed by atoms with E-state index in [0.717, 1.165) is 0 Å². The maximum atomic E-state index is 12.3. The molecule has 0 heterocycles. The SMILES string of the molecule is CCOC(=O)C(=O)Nc1ccccc1SC(F)F. The Hall–Kier alpha value is -1.63. The van der Waals surface area contributed by atoms with Crippen LogP contribution in [0.4, 0.5) is 14.5 Å². The third kappa shape index (κ3) is 4.33. The number of carbonyl (C=O) groups excluding carboxylic acids is 2. The summed E-state index contributed by atoms with van der Waals surface area (Å²) in [6.07, 6.45) is 0. The molecule has 1 amide bonds. The summed E-state index contributed by atoms with van der Waals surface area (Å²) < 4.78 is 29.0. The number of alkyl halides is 2. The molecule has 0 atom stereocenters.